The summed E-state index contributed by atoms with van der Waals surface area (Å²) in [7, 11) is -3.68. The van der Waals surface area contributed by atoms with Gasteiger partial charge in [-0.3, -0.25) is 14.4 Å². The first-order valence-electron chi connectivity index (χ1n) is 9.05. The molecule has 0 saturated carbocycles. The minimum absolute atomic E-state index is 0.303. The van der Waals surface area contributed by atoms with Gasteiger partial charge in [0, 0.05) is 5.56 Å². The number of sulfonamides is 1. The molecule has 152 valence electrons. The van der Waals surface area contributed by atoms with E-state index in [1.807, 2.05) is 49.4 Å². The van der Waals surface area contributed by atoms with Crippen molar-refractivity contribution in [3.8, 4) is 10.6 Å². The van der Waals surface area contributed by atoms with Crippen molar-refractivity contribution in [1.29, 1.82) is 0 Å². The number of aryl methyl sites for hydroxylation is 1. The fourth-order valence-corrected chi connectivity index (χ4v) is 4.88. The molecule has 0 bridgehead atoms. The predicted octanol–water partition coefficient (Wildman–Crippen LogP) is 3.70. The van der Waals surface area contributed by atoms with E-state index in [0.717, 1.165) is 21.7 Å². The lowest BCUT2D eigenvalue weighted by Crippen LogP contribution is -2.47. The number of amides is 1. The van der Waals surface area contributed by atoms with Crippen LogP contribution in [0.2, 0.25) is 0 Å². The van der Waals surface area contributed by atoms with Crippen LogP contribution >= 0.6 is 11.3 Å². The third-order valence-corrected chi connectivity index (χ3v) is 6.36. The Morgan fingerprint density at radius 2 is 1.76 bits per heavy atom. The number of carbonyl (C=O) groups excluding carboxylic acids is 1. The molecule has 1 atom stereocenters. The Morgan fingerprint density at radius 3 is 2.34 bits per heavy atom. The summed E-state index contributed by atoms with van der Waals surface area (Å²) in [6.45, 7) is 3.68. The molecular formula is C20H22N4O3S2. The molecule has 0 spiro atoms. The highest BCUT2D eigenvalue weighted by molar-refractivity contribution is 7.92. The van der Waals surface area contributed by atoms with Crippen LogP contribution in [0.25, 0.3) is 10.6 Å². The van der Waals surface area contributed by atoms with Crippen molar-refractivity contribution >= 4 is 38.1 Å². The SMILES string of the molecule is CC[C@H](C(=O)Nc1nnc(-c2ccccc2)s1)N(c1ccc(C)cc1)S(C)(=O)=O. The fourth-order valence-electron chi connectivity index (χ4n) is 2.91. The zero-order chi connectivity index (χ0) is 21.0. The Labute approximate surface area is 174 Å². The van der Waals surface area contributed by atoms with Crippen molar-refractivity contribution < 1.29 is 13.2 Å². The van der Waals surface area contributed by atoms with Gasteiger partial charge in [-0.25, -0.2) is 8.42 Å². The van der Waals surface area contributed by atoms with Crippen LogP contribution in [-0.4, -0.2) is 36.8 Å². The Balaban J connectivity index is 1.85. The molecule has 29 heavy (non-hydrogen) atoms. The molecular weight excluding hydrogens is 408 g/mol. The topological polar surface area (TPSA) is 92.3 Å². The maximum atomic E-state index is 12.9. The molecule has 7 nitrogen and oxygen atoms in total. The number of hydrogen-bond donors (Lipinski definition) is 1. The monoisotopic (exact) mass is 430 g/mol. The van der Waals surface area contributed by atoms with Crippen LogP contribution in [0.15, 0.2) is 54.6 Å². The van der Waals surface area contributed by atoms with E-state index in [9.17, 15) is 13.2 Å². The molecule has 2 aromatic carbocycles. The highest BCUT2D eigenvalue weighted by Crippen LogP contribution is 2.27. The zero-order valence-corrected chi connectivity index (χ0v) is 18.0. The van der Waals surface area contributed by atoms with Gasteiger partial charge in [-0.2, -0.15) is 0 Å². The van der Waals surface area contributed by atoms with E-state index in [1.54, 1.807) is 19.1 Å². The average molecular weight is 431 g/mol. The maximum absolute atomic E-state index is 12.9. The first-order valence-corrected chi connectivity index (χ1v) is 11.7. The predicted molar refractivity (Wildman–Crippen MR) is 117 cm³/mol. The van der Waals surface area contributed by atoms with E-state index in [4.69, 9.17) is 0 Å². The van der Waals surface area contributed by atoms with Crippen molar-refractivity contribution in [2.45, 2.75) is 26.3 Å². The fraction of sp³-hybridized carbons (Fsp3) is 0.250. The van der Waals surface area contributed by atoms with Crippen LogP contribution in [0.3, 0.4) is 0 Å². The number of benzene rings is 2. The van der Waals surface area contributed by atoms with E-state index >= 15 is 0 Å². The largest absolute Gasteiger partial charge is 0.299 e. The van der Waals surface area contributed by atoms with Gasteiger partial charge in [-0.15, -0.1) is 10.2 Å². The van der Waals surface area contributed by atoms with Gasteiger partial charge in [-0.1, -0.05) is 66.3 Å². The van der Waals surface area contributed by atoms with Gasteiger partial charge >= 0.3 is 0 Å². The highest BCUT2D eigenvalue weighted by Gasteiger charge is 2.32. The summed E-state index contributed by atoms with van der Waals surface area (Å²) < 4.78 is 26.1. The molecule has 3 rings (SSSR count). The lowest BCUT2D eigenvalue weighted by molar-refractivity contribution is -0.117. The molecule has 3 aromatic rings. The van der Waals surface area contributed by atoms with Crippen LogP contribution in [0.1, 0.15) is 18.9 Å². The lowest BCUT2D eigenvalue weighted by Gasteiger charge is -2.29. The second-order valence-electron chi connectivity index (χ2n) is 6.59. The van der Waals surface area contributed by atoms with E-state index in [-0.39, 0.29) is 0 Å². The van der Waals surface area contributed by atoms with Crippen molar-refractivity contribution in [3.05, 3.63) is 60.2 Å². The molecule has 0 aliphatic heterocycles. The molecule has 1 N–H and O–H groups in total. The molecule has 0 fully saturated rings. The van der Waals surface area contributed by atoms with Crippen molar-refractivity contribution in [2.75, 3.05) is 15.9 Å². The minimum Gasteiger partial charge on any atom is -0.299 e. The molecule has 0 unspecified atom stereocenters. The summed E-state index contributed by atoms with van der Waals surface area (Å²) in [5.41, 5.74) is 2.35. The van der Waals surface area contributed by atoms with E-state index in [2.05, 4.69) is 15.5 Å². The number of rotatable bonds is 7. The average Bonchev–Trinajstić information content (AvgIpc) is 3.15. The van der Waals surface area contributed by atoms with Crippen molar-refractivity contribution in [3.63, 3.8) is 0 Å². The molecule has 1 amide bonds. The molecule has 1 aromatic heterocycles. The molecule has 0 saturated heterocycles. The van der Waals surface area contributed by atoms with Crippen LogP contribution in [0.4, 0.5) is 10.8 Å². The van der Waals surface area contributed by atoms with Crippen LogP contribution < -0.4 is 9.62 Å². The van der Waals surface area contributed by atoms with Crippen molar-refractivity contribution in [2.24, 2.45) is 0 Å². The number of nitrogens with one attached hydrogen (secondary N) is 1. The van der Waals surface area contributed by atoms with Crippen LogP contribution in [-0.2, 0) is 14.8 Å². The van der Waals surface area contributed by atoms with Gasteiger partial charge in [0.2, 0.25) is 21.1 Å². The summed E-state index contributed by atoms with van der Waals surface area (Å²) in [6.07, 6.45) is 1.40. The van der Waals surface area contributed by atoms with Gasteiger partial charge in [-0.05, 0) is 25.5 Å². The molecule has 0 aliphatic rings. The third kappa shape index (κ3) is 4.99. The van der Waals surface area contributed by atoms with E-state index < -0.39 is 22.0 Å². The van der Waals surface area contributed by atoms with Crippen molar-refractivity contribution in [1.82, 2.24) is 10.2 Å². The smallest absolute Gasteiger partial charge is 0.250 e. The Bertz CT molecular complexity index is 1080. The minimum atomic E-state index is -3.68. The molecule has 0 aliphatic carbocycles. The number of nitrogens with zero attached hydrogens (tertiary/aromatic N) is 3. The zero-order valence-electron chi connectivity index (χ0n) is 16.4. The molecule has 1 heterocycles. The van der Waals surface area contributed by atoms with Gasteiger partial charge in [0.15, 0.2) is 0 Å². The standard InChI is InChI=1S/C20H22N4O3S2/c1-4-17(24(29(3,26)27)16-12-10-14(2)11-13-16)18(25)21-20-23-22-19(28-20)15-8-6-5-7-9-15/h5-13,17H,4H2,1-3H3,(H,21,23,25)/t17-/m1/s1. The summed E-state index contributed by atoms with van der Waals surface area (Å²) in [5, 5.41) is 11.8. The quantitative estimate of drug-likeness (QED) is 0.617. The first kappa shape index (κ1) is 20.9. The lowest BCUT2D eigenvalue weighted by atomic mass is 10.1. The number of carbonyl (C=O) groups is 1. The first-order chi connectivity index (χ1) is 13.8. The van der Waals surface area contributed by atoms with Gasteiger partial charge in [0.1, 0.15) is 11.0 Å². The summed E-state index contributed by atoms with van der Waals surface area (Å²) in [6, 6.07) is 15.6. The Morgan fingerprint density at radius 1 is 1.10 bits per heavy atom. The number of hydrogen-bond acceptors (Lipinski definition) is 6. The van der Waals surface area contributed by atoms with E-state index in [1.165, 1.54) is 11.3 Å². The Kier molecular flexibility index (Phi) is 6.29. The third-order valence-electron chi connectivity index (χ3n) is 4.29. The summed E-state index contributed by atoms with van der Waals surface area (Å²) >= 11 is 1.24. The summed E-state index contributed by atoms with van der Waals surface area (Å²) in [5.74, 6) is -0.450. The van der Waals surface area contributed by atoms with E-state index in [0.29, 0.717) is 22.2 Å². The number of aromatic nitrogens is 2. The van der Waals surface area contributed by atoms with Gasteiger partial charge < -0.3 is 0 Å². The second-order valence-corrected chi connectivity index (χ2v) is 9.42. The Hall–Kier alpha value is -2.78. The molecule has 0 radical (unpaired) electrons. The normalized spacial score (nSPS) is 12.4. The second kappa shape index (κ2) is 8.71. The number of anilines is 2. The molecule has 9 heteroatoms. The highest BCUT2D eigenvalue weighted by atomic mass is 32.2. The van der Waals surface area contributed by atoms with Crippen LogP contribution in [0.5, 0.6) is 0 Å². The van der Waals surface area contributed by atoms with Gasteiger partial charge in [0.25, 0.3) is 0 Å². The summed E-state index contributed by atoms with van der Waals surface area (Å²) in [4.78, 5) is 12.9. The van der Waals surface area contributed by atoms with Crippen LogP contribution in [0, 0.1) is 6.92 Å². The van der Waals surface area contributed by atoms with Gasteiger partial charge in [0.05, 0.1) is 11.9 Å². The maximum Gasteiger partial charge on any atom is 0.250 e.